The van der Waals surface area contributed by atoms with Crippen molar-refractivity contribution in [3.05, 3.63) is 45.0 Å². The summed E-state index contributed by atoms with van der Waals surface area (Å²) in [5.41, 5.74) is 0.580. The SMILES string of the molecule is O=c1[nH]c2ccccc2n(CC2CC2)c1=O. The molecule has 0 unspecified atom stereocenters. The van der Waals surface area contributed by atoms with Crippen LogP contribution in [0.1, 0.15) is 12.8 Å². The van der Waals surface area contributed by atoms with Gasteiger partial charge in [-0.1, -0.05) is 12.1 Å². The molecule has 4 heteroatoms. The highest BCUT2D eigenvalue weighted by Crippen LogP contribution is 2.30. The molecule has 16 heavy (non-hydrogen) atoms. The van der Waals surface area contributed by atoms with Gasteiger partial charge in [-0.3, -0.25) is 9.59 Å². The van der Waals surface area contributed by atoms with Crippen LogP contribution in [-0.4, -0.2) is 9.55 Å². The maximum Gasteiger partial charge on any atom is 0.316 e. The number of aromatic amines is 1. The van der Waals surface area contributed by atoms with Crippen LogP contribution in [0.15, 0.2) is 33.9 Å². The molecule has 1 aliphatic carbocycles. The van der Waals surface area contributed by atoms with Crippen molar-refractivity contribution in [2.45, 2.75) is 19.4 Å². The third-order valence-corrected chi connectivity index (χ3v) is 3.02. The number of para-hydroxylation sites is 2. The Kier molecular flexibility index (Phi) is 1.96. The summed E-state index contributed by atoms with van der Waals surface area (Å²) < 4.78 is 1.60. The van der Waals surface area contributed by atoms with Crippen LogP contribution in [0.25, 0.3) is 11.0 Å². The largest absolute Gasteiger partial charge is 0.316 e. The van der Waals surface area contributed by atoms with Crippen molar-refractivity contribution >= 4 is 11.0 Å². The van der Waals surface area contributed by atoms with Gasteiger partial charge in [0.25, 0.3) is 0 Å². The Morgan fingerprint density at radius 2 is 2.00 bits per heavy atom. The molecule has 0 saturated heterocycles. The summed E-state index contributed by atoms with van der Waals surface area (Å²) >= 11 is 0. The van der Waals surface area contributed by atoms with E-state index in [0.29, 0.717) is 12.5 Å². The molecule has 82 valence electrons. The van der Waals surface area contributed by atoms with Gasteiger partial charge in [-0.2, -0.15) is 0 Å². The second-order valence-electron chi connectivity index (χ2n) is 4.33. The highest BCUT2D eigenvalue weighted by molar-refractivity contribution is 5.74. The quantitative estimate of drug-likeness (QED) is 0.764. The van der Waals surface area contributed by atoms with Crippen molar-refractivity contribution in [2.75, 3.05) is 0 Å². The van der Waals surface area contributed by atoms with E-state index in [0.717, 1.165) is 23.9 Å². The van der Waals surface area contributed by atoms with E-state index in [4.69, 9.17) is 0 Å². The lowest BCUT2D eigenvalue weighted by Gasteiger charge is -2.08. The number of benzene rings is 1. The Morgan fingerprint density at radius 3 is 2.75 bits per heavy atom. The van der Waals surface area contributed by atoms with E-state index >= 15 is 0 Å². The summed E-state index contributed by atoms with van der Waals surface area (Å²) in [5, 5.41) is 0. The summed E-state index contributed by atoms with van der Waals surface area (Å²) in [6, 6.07) is 7.42. The van der Waals surface area contributed by atoms with Gasteiger partial charge in [0.05, 0.1) is 11.0 Å². The highest BCUT2D eigenvalue weighted by Gasteiger charge is 2.23. The van der Waals surface area contributed by atoms with Gasteiger partial charge in [-0.05, 0) is 30.9 Å². The molecule has 2 aromatic rings. The predicted molar refractivity (Wildman–Crippen MR) is 61.6 cm³/mol. The molecule has 4 nitrogen and oxygen atoms in total. The first kappa shape index (κ1) is 9.39. The molecule has 0 bridgehead atoms. The van der Waals surface area contributed by atoms with Gasteiger partial charge in [-0.25, -0.2) is 0 Å². The average Bonchev–Trinajstić information content (AvgIpc) is 3.08. The molecule has 1 saturated carbocycles. The van der Waals surface area contributed by atoms with Crippen LogP contribution in [0.2, 0.25) is 0 Å². The van der Waals surface area contributed by atoms with Gasteiger partial charge in [0.1, 0.15) is 0 Å². The minimum atomic E-state index is -0.528. The molecule has 1 heterocycles. The van der Waals surface area contributed by atoms with Crippen LogP contribution >= 0.6 is 0 Å². The lowest BCUT2D eigenvalue weighted by atomic mass is 10.3. The van der Waals surface area contributed by atoms with Crippen LogP contribution in [-0.2, 0) is 6.54 Å². The lowest BCUT2D eigenvalue weighted by Crippen LogP contribution is -2.36. The molecule has 0 atom stereocenters. The Balaban J connectivity index is 2.32. The van der Waals surface area contributed by atoms with Crippen molar-refractivity contribution in [3.8, 4) is 0 Å². The number of hydrogen-bond donors (Lipinski definition) is 1. The summed E-state index contributed by atoms with van der Waals surface area (Å²) in [5.74, 6) is 0.572. The third kappa shape index (κ3) is 1.46. The number of rotatable bonds is 2. The van der Waals surface area contributed by atoms with Crippen molar-refractivity contribution < 1.29 is 0 Å². The second kappa shape index (κ2) is 3.33. The molecular weight excluding hydrogens is 204 g/mol. The molecule has 0 radical (unpaired) electrons. The van der Waals surface area contributed by atoms with Gasteiger partial charge in [0, 0.05) is 6.54 Å². The Bertz CT molecular complexity index is 650. The van der Waals surface area contributed by atoms with E-state index in [1.165, 1.54) is 0 Å². The zero-order chi connectivity index (χ0) is 11.1. The first-order valence-corrected chi connectivity index (χ1v) is 5.47. The van der Waals surface area contributed by atoms with Crippen LogP contribution in [0, 0.1) is 5.92 Å². The molecular formula is C12H12N2O2. The summed E-state index contributed by atoms with van der Waals surface area (Å²) in [6.45, 7) is 0.670. The number of H-pyrrole nitrogens is 1. The van der Waals surface area contributed by atoms with Gasteiger partial charge in [0.2, 0.25) is 0 Å². The summed E-state index contributed by atoms with van der Waals surface area (Å²) in [6.07, 6.45) is 2.32. The van der Waals surface area contributed by atoms with E-state index < -0.39 is 11.1 Å². The number of fused-ring (bicyclic) bond motifs is 1. The van der Waals surface area contributed by atoms with Crippen molar-refractivity contribution in [2.24, 2.45) is 5.92 Å². The molecule has 1 fully saturated rings. The van der Waals surface area contributed by atoms with Crippen molar-refractivity contribution in [3.63, 3.8) is 0 Å². The molecule has 1 N–H and O–H groups in total. The minimum absolute atomic E-state index is 0.439. The van der Waals surface area contributed by atoms with Crippen molar-refractivity contribution in [1.29, 1.82) is 0 Å². The topological polar surface area (TPSA) is 54.9 Å². The number of hydrogen-bond acceptors (Lipinski definition) is 2. The molecule has 1 aromatic carbocycles. The first-order valence-electron chi connectivity index (χ1n) is 5.47. The van der Waals surface area contributed by atoms with Gasteiger partial charge >= 0.3 is 11.1 Å². The Labute approximate surface area is 91.5 Å². The van der Waals surface area contributed by atoms with Crippen LogP contribution in [0.3, 0.4) is 0 Å². The molecule has 0 aliphatic heterocycles. The van der Waals surface area contributed by atoms with Crippen LogP contribution in [0.5, 0.6) is 0 Å². The fourth-order valence-electron chi connectivity index (χ4n) is 1.96. The van der Waals surface area contributed by atoms with E-state index in [2.05, 4.69) is 4.98 Å². The van der Waals surface area contributed by atoms with E-state index in [-0.39, 0.29) is 0 Å². The minimum Gasteiger partial charge on any atom is -0.316 e. The average molecular weight is 216 g/mol. The predicted octanol–water partition coefficient (Wildman–Crippen LogP) is 1.10. The lowest BCUT2D eigenvalue weighted by molar-refractivity contribution is 0.620. The maximum atomic E-state index is 11.8. The maximum absolute atomic E-state index is 11.8. The fourth-order valence-corrected chi connectivity index (χ4v) is 1.96. The Morgan fingerprint density at radius 1 is 1.25 bits per heavy atom. The fraction of sp³-hybridized carbons (Fsp3) is 0.333. The zero-order valence-electron chi connectivity index (χ0n) is 8.77. The van der Waals surface area contributed by atoms with E-state index in [9.17, 15) is 9.59 Å². The molecule has 1 aliphatic rings. The molecule has 3 rings (SSSR count). The molecule has 0 amide bonds. The molecule has 1 aromatic heterocycles. The summed E-state index contributed by atoms with van der Waals surface area (Å²) in [7, 11) is 0. The van der Waals surface area contributed by atoms with Crippen LogP contribution < -0.4 is 11.1 Å². The van der Waals surface area contributed by atoms with Gasteiger partial charge in [-0.15, -0.1) is 0 Å². The van der Waals surface area contributed by atoms with Crippen LogP contribution in [0.4, 0.5) is 0 Å². The molecule has 0 spiro atoms. The van der Waals surface area contributed by atoms with E-state index in [1.54, 1.807) is 4.57 Å². The summed E-state index contributed by atoms with van der Waals surface area (Å²) in [4.78, 5) is 25.8. The van der Waals surface area contributed by atoms with E-state index in [1.807, 2.05) is 24.3 Å². The monoisotopic (exact) mass is 216 g/mol. The highest BCUT2D eigenvalue weighted by atomic mass is 16.2. The first-order chi connectivity index (χ1) is 7.75. The standard InChI is InChI=1S/C12H12N2O2/c15-11-12(16)14(7-8-5-6-8)10-4-2-1-3-9(10)13-11/h1-4,8H,5-7H2,(H,13,15). The smallest absolute Gasteiger partial charge is 0.316 e. The van der Waals surface area contributed by atoms with Gasteiger partial charge < -0.3 is 9.55 Å². The van der Waals surface area contributed by atoms with Crippen molar-refractivity contribution in [1.82, 2.24) is 9.55 Å². The second-order valence-corrected chi connectivity index (χ2v) is 4.33. The third-order valence-electron chi connectivity index (χ3n) is 3.02. The number of aromatic nitrogens is 2. The zero-order valence-corrected chi connectivity index (χ0v) is 8.77. The number of nitrogens with zero attached hydrogens (tertiary/aromatic N) is 1. The Hall–Kier alpha value is -1.84. The number of nitrogens with one attached hydrogen (secondary N) is 1. The normalized spacial score (nSPS) is 15.5. The van der Waals surface area contributed by atoms with Gasteiger partial charge in [0.15, 0.2) is 0 Å².